The van der Waals surface area contributed by atoms with Gasteiger partial charge >= 0.3 is 0 Å². The molecule has 0 radical (unpaired) electrons. The van der Waals surface area contributed by atoms with E-state index in [9.17, 15) is 0 Å². The zero-order valence-electron chi connectivity index (χ0n) is 6.66. The maximum absolute atomic E-state index is 6.13. The minimum Gasteiger partial charge on any atom is -0.162 e. The average molecular weight is 163 g/mol. The van der Waals surface area contributed by atoms with Gasteiger partial charge in [-0.25, -0.2) is 0 Å². The quantitative estimate of drug-likeness (QED) is 0.432. The summed E-state index contributed by atoms with van der Waals surface area (Å²) in [5.74, 6) is 0. The monoisotopic (exact) mass is 162 g/mol. The Morgan fingerprint density at radius 3 is 2.11 bits per heavy atom. The molecule has 0 unspecified atom stereocenters. The normalized spacial score (nSPS) is 14.1. The molecule has 0 bridgehead atoms. The number of hydrogen-bond acceptors (Lipinski definition) is 0. The summed E-state index contributed by atoms with van der Waals surface area (Å²) < 4.78 is 0. The van der Waals surface area contributed by atoms with Gasteiger partial charge in [-0.3, -0.25) is 0 Å². The van der Waals surface area contributed by atoms with Crippen molar-refractivity contribution in [3.05, 3.63) is 11.3 Å². The lowest BCUT2D eigenvalue weighted by molar-refractivity contribution is 1.21. The minimum atomic E-state index is -1.45. The Hall–Kier alpha value is 0.247. The average Bonchev–Trinajstić information content (AvgIpc) is 1.64. The lowest BCUT2D eigenvalue weighted by Crippen LogP contribution is -2.18. The van der Waals surface area contributed by atoms with Gasteiger partial charge in [0.25, 0.3) is 0 Å². The molecule has 2 heteroatoms. The highest BCUT2D eigenvalue weighted by Crippen LogP contribution is 2.18. The van der Waals surface area contributed by atoms with Crippen molar-refractivity contribution in [3.63, 3.8) is 0 Å². The van der Waals surface area contributed by atoms with Crippen LogP contribution in [0.4, 0.5) is 0 Å². The van der Waals surface area contributed by atoms with Gasteiger partial charge < -0.3 is 0 Å². The van der Waals surface area contributed by atoms with E-state index in [1.54, 1.807) is 0 Å². The highest BCUT2D eigenvalue weighted by Gasteiger charge is 2.17. The molecule has 0 aliphatic heterocycles. The Kier molecular flexibility index (Phi) is 3.52. The smallest absolute Gasteiger partial charge is 0.162 e. The van der Waals surface area contributed by atoms with Crippen LogP contribution in [0.2, 0.25) is 13.1 Å². The summed E-state index contributed by atoms with van der Waals surface area (Å²) in [5, 5.41) is 1.40. The summed E-state index contributed by atoms with van der Waals surface area (Å²) in [6, 6.07) is 0. The van der Waals surface area contributed by atoms with Crippen LogP contribution in [0.3, 0.4) is 0 Å². The van der Waals surface area contributed by atoms with E-state index in [0.717, 1.165) is 6.42 Å². The molecule has 0 aliphatic rings. The molecule has 9 heavy (non-hydrogen) atoms. The molecule has 0 atom stereocenters. The lowest BCUT2D eigenvalue weighted by Gasteiger charge is -2.12. The van der Waals surface area contributed by atoms with Gasteiger partial charge in [0, 0.05) is 0 Å². The third kappa shape index (κ3) is 3.76. The lowest BCUT2D eigenvalue weighted by atomic mass is 10.4. The first-order valence-corrected chi connectivity index (χ1v) is 7.35. The van der Waals surface area contributed by atoms with Crippen molar-refractivity contribution in [2.45, 2.75) is 33.4 Å². The van der Waals surface area contributed by atoms with Crippen molar-refractivity contribution >= 4 is 18.5 Å². The Balaban J connectivity index is 4.03. The SMILES string of the molecule is CC/C=C(\C)[Si](C)(C)Cl. The summed E-state index contributed by atoms with van der Waals surface area (Å²) in [6.07, 6.45) is 3.33. The predicted octanol–water partition coefficient (Wildman–Crippen LogP) is 3.33. The number of hydrogen-bond donors (Lipinski definition) is 0. The molecule has 0 aliphatic carbocycles. The van der Waals surface area contributed by atoms with E-state index in [4.69, 9.17) is 11.1 Å². The number of rotatable bonds is 2. The number of allylic oxidation sites excluding steroid dienone is 2. The van der Waals surface area contributed by atoms with Gasteiger partial charge in [0.1, 0.15) is 0 Å². The van der Waals surface area contributed by atoms with Crippen LogP contribution in [0.25, 0.3) is 0 Å². The highest BCUT2D eigenvalue weighted by molar-refractivity contribution is 7.22. The predicted molar refractivity (Wildman–Crippen MR) is 47.4 cm³/mol. The van der Waals surface area contributed by atoms with Gasteiger partial charge in [0.2, 0.25) is 0 Å². The molecule has 0 rings (SSSR count). The zero-order valence-corrected chi connectivity index (χ0v) is 8.42. The van der Waals surface area contributed by atoms with E-state index in [-0.39, 0.29) is 0 Å². The first kappa shape index (κ1) is 9.25. The summed E-state index contributed by atoms with van der Waals surface area (Å²) in [7, 11) is -1.45. The molecule has 0 aromatic carbocycles. The second-order valence-electron chi connectivity index (χ2n) is 2.77. The van der Waals surface area contributed by atoms with E-state index in [0.29, 0.717) is 0 Å². The summed E-state index contributed by atoms with van der Waals surface area (Å²) in [6.45, 7) is 8.56. The first-order valence-electron chi connectivity index (χ1n) is 3.34. The summed E-state index contributed by atoms with van der Waals surface area (Å²) in [5.41, 5.74) is 0. The first-order chi connectivity index (χ1) is 3.98. The molecule has 0 heterocycles. The van der Waals surface area contributed by atoms with Crippen LogP contribution >= 0.6 is 11.1 Å². The fraction of sp³-hybridized carbons (Fsp3) is 0.714. The third-order valence-electron chi connectivity index (χ3n) is 1.45. The van der Waals surface area contributed by atoms with Crippen LogP contribution in [0.15, 0.2) is 11.3 Å². The molecular weight excluding hydrogens is 148 g/mol. The van der Waals surface area contributed by atoms with Crippen molar-refractivity contribution < 1.29 is 0 Å². The van der Waals surface area contributed by atoms with Crippen LogP contribution in [0, 0.1) is 0 Å². The second-order valence-corrected chi connectivity index (χ2v) is 9.34. The van der Waals surface area contributed by atoms with Gasteiger partial charge in [0.15, 0.2) is 7.38 Å². The molecule has 0 N–H and O–H groups in total. The maximum atomic E-state index is 6.13. The van der Waals surface area contributed by atoms with Crippen molar-refractivity contribution in [3.8, 4) is 0 Å². The van der Waals surface area contributed by atoms with E-state index >= 15 is 0 Å². The van der Waals surface area contributed by atoms with Crippen molar-refractivity contribution in [2.75, 3.05) is 0 Å². The molecule has 0 saturated carbocycles. The van der Waals surface area contributed by atoms with Crippen LogP contribution < -0.4 is 0 Å². The van der Waals surface area contributed by atoms with E-state index in [2.05, 4.69) is 33.0 Å². The Morgan fingerprint density at radius 1 is 1.56 bits per heavy atom. The van der Waals surface area contributed by atoms with Crippen molar-refractivity contribution in [1.29, 1.82) is 0 Å². The fourth-order valence-corrected chi connectivity index (χ4v) is 1.47. The van der Waals surface area contributed by atoms with Gasteiger partial charge in [-0.2, -0.15) is 11.1 Å². The molecule has 0 aromatic rings. The molecule has 0 saturated heterocycles. The summed E-state index contributed by atoms with van der Waals surface area (Å²) >= 11 is 6.13. The van der Waals surface area contributed by atoms with Gasteiger partial charge in [0.05, 0.1) is 0 Å². The van der Waals surface area contributed by atoms with E-state index < -0.39 is 7.38 Å². The largest absolute Gasteiger partial charge is 0.176 e. The topological polar surface area (TPSA) is 0 Å². The van der Waals surface area contributed by atoms with Crippen LogP contribution in [-0.2, 0) is 0 Å². The van der Waals surface area contributed by atoms with Crippen molar-refractivity contribution in [2.24, 2.45) is 0 Å². The molecule has 0 spiro atoms. The van der Waals surface area contributed by atoms with Crippen molar-refractivity contribution in [1.82, 2.24) is 0 Å². The molecule has 0 aromatic heterocycles. The Labute approximate surface area is 63.6 Å². The minimum absolute atomic E-state index is 1.11. The van der Waals surface area contributed by atoms with Crippen LogP contribution in [-0.4, -0.2) is 7.38 Å². The molecule has 0 nitrogen and oxygen atoms in total. The Morgan fingerprint density at radius 2 is 2.00 bits per heavy atom. The van der Waals surface area contributed by atoms with Crippen LogP contribution in [0.1, 0.15) is 20.3 Å². The van der Waals surface area contributed by atoms with Gasteiger partial charge in [-0.05, 0) is 13.3 Å². The molecule has 54 valence electrons. The van der Waals surface area contributed by atoms with Gasteiger partial charge in [-0.1, -0.05) is 31.3 Å². The van der Waals surface area contributed by atoms with Crippen LogP contribution in [0.5, 0.6) is 0 Å². The Bertz CT molecular complexity index is 111. The summed E-state index contributed by atoms with van der Waals surface area (Å²) in [4.78, 5) is 0. The highest BCUT2D eigenvalue weighted by atomic mass is 35.6. The number of halogens is 1. The second kappa shape index (κ2) is 3.42. The zero-order chi connectivity index (χ0) is 7.49. The molecular formula is C7H15ClSi. The van der Waals surface area contributed by atoms with E-state index in [1.165, 1.54) is 5.20 Å². The third-order valence-corrected chi connectivity index (χ3v) is 4.42. The maximum Gasteiger partial charge on any atom is 0.176 e. The molecule has 0 fully saturated rings. The van der Waals surface area contributed by atoms with Gasteiger partial charge in [-0.15, -0.1) is 0 Å². The fourth-order valence-electron chi connectivity index (χ4n) is 0.549. The molecule has 0 amide bonds. The van der Waals surface area contributed by atoms with E-state index in [1.807, 2.05) is 0 Å². The standard InChI is InChI=1S/C7H15ClSi/c1-5-6-7(2)9(3,4)8/h6H,5H2,1-4H3/b7-6+.